The number of nitrogens with zero attached hydrogens (tertiary/aromatic N) is 2. The van der Waals surface area contributed by atoms with Crippen LogP contribution in [0, 0.1) is 10.8 Å². The quantitative estimate of drug-likeness (QED) is 0.534. The molecule has 1 aliphatic carbocycles. The number of H-pyrrole nitrogens is 1. The lowest BCUT2D eigenvalue weighted by Gasteiger charge is -2.29. The maximum atomic E-state index is 13.0. The molecule has 1 aromatic rings. The van der Waals surface area contributed by atoms with E-state index in [0.717, 1.165) is 24.9 Å². The standard InChI is InChI=1S/C21H23N3O5/c1-23(2)12-7-8-13-14(11-12)29-20-16(22-13)15(21(27)28-3)17(18(25)19(20)26)24-9-5-4-6-10-24/h7-8,11,22H,4-6,9-10H2,1-3H3. The van der Waals surface area contributed by atoms with E-state index in [4.69, 9.17) is 9.15 Å². The Bertz CT molecular complexity index is 1270. The lowest BCUT2D eigenvalue weighted by molar-refractivity contribution is 0.0599. The average molecular weight is 397 g/mol. The average Bonchev–Trinajstić information content (AvgIpc) is 2.74. The first kappa shape index (κ1) is 19.0. The number of benzene rings is 1. The zero-order valence-corrected chi connectivity index (χ0v) is 16.7. The molecule has 0 saturated carbocycles. The number of hydrogen-bond acceptors (Lipinski definition) is 7. The molecule has 0 unspecified atom stereocenters. The Kier molecular flexibility index (Phi) is 4.77. The van der Waals surface area contributed by atoms with Gasteiger partial charge in [-0.3, -0.25) is 9.59 Å². The summed E-state index contributed by atoms with van der Waals surface area (Å²) < 4.78 is 10.8. The Morgan fingerprint density at radius 1 is 1.14 bits per heavy atom. The van der Waals surface area contributed by atoms with Crippen molar-refractivity contribution < 1.29 is 13.9 Å². The fourth-order valence-corrected chi connectivity index (χ4v) is 3.83. The van der Waals surface area contributed by atoms with Gasteiger partial charge in [-0.25, -0.2) is 4.79 Å². The van der Waals surface area contributed by atoms with Gasteiger partial charge in [0, 0.05) is 38.9 Å². The van der Waals surface area contributed by atoms with Crippen molar-refractivity contribution in [3.63, 3.8) is 0 Å². The Morgan fingerprint density at radius 3 is 2.52 bits per heavy atom. The molecule has 4 rings (SSSR count). The molecule has 0 atom stereocenters. The number of hydrogen-bond donors (Lipinski definition) is 1. The minimum absolute atomic E-state index is 0.0522. The minimum Gasteiger partial charge on any atom is -0.465 e. The molecule has 1 fully saturated rings. The second kappa shape index (κ2) is 7.27. The lowest BCUT2D eigenvalue weighted by Crippen LogP contribution is -2.40. The summed E-state index contributed by atoms with van der Waals surface area (Å²) in [6, 6.07) is 5.47. The first-order valence-corrected chi connectivity index (χ1v) is 9.60. The SMILES string of the molecule is COC(=O)c1c(N2CCCCC2)c(=O)c(=O)c2oc3cc(N(C)C)ccc3[nH]c1=2. The molecule has 0 spiro atoms. The highest BCUT2D eigenvalue weighted by Gasteiger charge is 2.27. The summed E-state index contributed by atoms with van der Waals surface area (Å²) in [5, 5.41) is 0.187. The summed E-state index contributed by atoms with van der Waals surface area (Å²) >= 11 is 0. The van der Waals surface area contributed by atoms with Crippen molar-refractivity contribution in [2.45, 2.75) is 19.3 Å². The normalized spacial score (nSPS) is 14.4. The maximum Gasteiger partial charge on any atom is 0.342 e. The number of rotatable bonds is 3. The van der Waals surface area contributed by atoms with Crippen LogP contribution in [0.2, 0.25) is 0 Å². The first-order valence-electron chi connectivity index (χ1n) is 9.60. The van der Waals surface area contributed by atoms with E-state index in [-0.39, 0.29) is 22.0 Å². The molecule has 0 amide bonds. The van der Waals surface area contributed by atoms with Crippen LogP contribution in [-0.4, -0.2) is 45.2 Å². The van der Waals surface area contributed by atoms with Gasteiger partial charge >= 0.3 is 5.97 Å². The smallest absolute Gasteiger partial charge is 0.342 e. The van der Waals surface area contributed by atoms with Crippen LogP contribution in [-0.2, 0) is 4.74 Å². The molecule has 3 aliphatic rings. The van der Waals surface area contributed by atoms with Gasteiger partial charge in [-0.05, 0) is 31.4 Å². The molecule has 8 heteroatoms. The molecule has 152 valence electrons. The van der Waals surface area contributed by atoms with E-state index in [1.807, 2.05) is 36.0 Å². The largest absolute Gasteiger partial charge is 0.465 e. The third-order valence-electron chi connectivity index (χ3n) is 5.36. The van der Waals surface area contributed by atoms with Crippen LogP contribution in [0.25, 0.3) is 11.1 Å². The van der Waals surface area contributed by atoms with E-state index in [9.17, 15) is 14.4 Å². The molecule has 1 saturated heterocycles. The Morgan fingerprint density at radius 2 is 1.86 bits per heavy atom. The predicted molar refractivity (Wildman–Crippen MR) is 110 cm³/mol. The van der Waals surface area contributed by atoms with Crippen molar-refractivity contribution in [3.05, 3.63) is 55.0 Å². The van der Waals surface area contributed by atoms with Crippen LogP contribution >= 0.6 is 0 Å². The Hall–Kier alpha value is -3.29. The summed E-state index contributed by atoms with van der Waals surface area (Å²) in [5.41, 5.74) is 0.391. The topological polar surface area (TPSA) is 95.8 Å². The lowest BCUT2D eigenvalue weighted by atomic mass is 10.1. The van der Waals surface area contributed by atoms with Crippen molar-refractivity contribution in [1.82, 2.24) is 4.98 Å². The number of carbonyl (C=O) groups excluding carboxylic acids is 1. The number of carbonyl (C=O) groups is 1. The zero-order chi connectivity index (χ0) is 20.7. The highest BCUT2D eigenvalue weighted by atomic mass is 16.5. The van der Waals surface area contributed by atoms with Gasteiger partial charge in [-0.15, -0.1) is 0 Å². The van der Waals surface area contributed by atoms with Crippen LogP contribution < -0.4 is 20.7 Å². The van der Waals surface area contributed by atoms with Crippen molar-refractivity contribution in [2.24, 2.45) is 0 Å². The number of esters is 1. The van der Waals surface area contributed by atoms with E-state index < -0.39 is 16.8 Å². The Balaban J connectivity index is 2.12. The van der Waals surface area contributed by atoms with Gasteiger partial charge in [0.2, 0.25) is 5.42 Å². The fraction of sp³-hybridized carbons (Fsp3) is 0.381. The fourth-order valence-electron chi connectivity index (χ4n) is 3.83. The van der Waals surface area contributed by atoms with Crippen molar-refractivity contribution in [1.29, 1.82) is 0 Å². The second-order valence-electron chi connectivity index (χ2n) is 7.43. The predicted octanol–water partition coefficient (Wildman–Crippen LogP) is 2.05. The monoisotopic (exact) mass is 397 g/mol. The summed E-state index contributed by atoms with van der Waals surface area (Å²) in [4.78, 5) is 45.4. The minimum atomic E-state index is -0.762. The third kappa shape index (κ3) is 3.14. The van der Waals surface area contributed by atoms with Gasteiger partial charge < -0.3 is 23.9 Å². The number of piperidine rings is 1. The van der Waals surface area contributed by atoms with Crippen molar-refractivity contribution >= 4 is 28.4 Å². The molecular formula is C21H23N3O5. The number of fused-ring (bicyclic) bond motifs is 1. The maximum absolute atomic E-state index is 13.0. The van der Waals surface area contributed by atoms with Crippen molar-refractivity contribution in [3.8, 4) is 0 Å². The molecule has 2 aliphatic heterocycles. The van der Waals surface area contributed by atoms with Gasteiger partial charge in [0.15, 0.2) is 5.58 Å². The van der Waals surface area contributed by atoms with Crippen LogP contribution in [0.3, 0.4) is 0 Å². The van der Waals surface area contributed by atoms with E-state index in [2.05, 4.69) is 4.98 Å². The summed E-state index contributed by atoms with van der Waals surface area (Å²) in [5.74, 6) is -0.677. The molecule has 0 aromatic heterocycles. The molecule has 0 radical (unpaired) electrons. The molecule has 2 heterocycles. The molecule has 29 heavy (non-hydrogen) atoms. The van der Waals surface area contributed by atoms with Gasteiger partial charge in [0.1, 0.15) is 16.6 Å². The molecule has 8 nitrogen and oxygen atoms in total. The molecule has 1 N–H and O–H groups in total. The number of aromatic nitrogens is 1. The number of aromatic amines is 1. The van der Waals surface area contributed by atoms with Crippen LogP contribution in [0.5, 0.6) is 0 Å². The highest BCUT2D eigenvalue weighted by Crippen LogP contribution is 2.24. The van der Waals surface area contributed by atoms with E-state index >= 15 is 0 Å². The summed E-state index contributed by atoms with van der Waals surface area (Å²) in [7, 11) is 5.03. The highest BCUT2D eigenvalue weighted by molar-refractivity contribution is 5.96. The van der Waals surface area contributed by atoms with E-state index in [0.29, 0.717) is 24.2 Å². The zero-order valence-electron chi connectivity index (χ0n) is 16.7. The van der Waals surface area contributed by atoms with Crippen molar-refractivity contribution in [2.75, 3.05) is 44.1 Å². The third-order valence-corrected chi connectivity index (χ3v) is 5.36. The van der Waals surface area contributed by atoms with E-state index in [1.165, 1.54) is 7.11 Å². The first-order chi connectivity index (χ1) is 13.9. The molecular weight excluding hydrogens is 374 g/mol. The van der Waals surface area contributed by atoms with Gasteiger partial charge in [0.05, 0.1) is 12.6 Å². The van der Waals surface area contributed by atoms with Crippen LogP contribution in [0.1, 0.15) is 29.6 Å². The summed E-state index contributed by atoms with van der Waals surface area (Å²) in [6.07, 6.45) is 2.84. The number of nitrogens with one attached hydrogen (secondary N) is 1. The Labute approximate surface area is 166 Å². The van der Waals surface area contributed by atoms with Crippen LogP contribution in [0.15, 0.2) is 32.2 Å². The van der Waals surface area contributed by atoms with Gasteiger partial charge in [-0.2, -0.15) is 0 Å². The second-order valence-corrected chi connectivity index (χ2v) is 7.43. The number of anilines is 2. The molecule has 0 bridgehead atoms. The van der Waals surface area contributed by atoms with Gasteiger partial charge in [-0.1, -0.05) is 0 Å². The van der Waals surface area contributed by atoms with Crippen LogP contribution in [0.4, 0.5) is 11.4 Å². The van der Waals surface area contributed by atoms with E-state index in [1.54, 1.807) is 6.07 Å². The molecule has 1 aromatic carbocycles. The number of ether oxygens (including phenoxy) is 1. The van der Waals surface area contributed by atoms with Gasteiger partial charge in [0.25, 0.3) is 10.9 Å². The number of methoxy groups -OCH3 is 1. The summed E-state index contributed by atoms with van der Waals surface area (Å²) in [6.45, 7) is 1.22.